The zero-order chi connectivity index (χ0) is 11.5. The van der Waals surface area contributed by atoms with Gasteiger partial charge in [-0.15, -0.1) is 0 Å². The summed E-state index contributed by atoms with van der Waals surface area (Å²) in [4.78, 5) is 7.62. The Bertz CT molecular complexity index is 524. The third kappa shape index (κ3) is 2.27. The van der Waals surface area contributed by atoms with Crippen molar-refractivity contribution < 1.29 is 0 Å². The van der Waals surface area contributed by atoms with Gasteiger partial charge in [0.15, 0.2) is 0 Å². The van der Waals surface area contributed by atoms with Gasteiger partial charge in [-0.05, 0) is 17.7 Å². The molecule has 0 N–H and O–H groups in total. The Balaban J connectivity index is 2.17. The highest BCUT2D eigenvalue weighted by Crippen LogP contribution is 2.25. The van der Waals surface area contributed by atoms with Crippen LogP contribution in [0.25, 0.3) is 4.85 Å². The van der Waals surface area contributed by atoms with Crippen LogP contribution < -0.4 is 0 Å². The van der Waals surface area contributed by atoms with Crippen molar-refractivity contribution in [2.24, 2.45) is 4.99 Å². The maximum atomic E-state index is 6.79. The molecule has 16 heavy (non-hydrogen) atoms. The normalized spacial score (nSPS) is 14.3. The van der Waals surface area contributed by atoms with Gasteiger partial charge in [-0.1, -0.05) is 29.3 Å². The van der Waals surface area contributed by atoms with Crippen molar-refractivity contribution in [3.8, 4) is 0 Å². The Morgan fingerprint density at radius 1 is 1.31 bits per heavy atom. The van der Waals surface area contributed by atoms with E-state index in [0.29, 0.717) is 16.6 Å². The first-order valence-corrected chi connectivity index (χ1v) is 5.49. The van der Waals surface area contributed by atoms with Gasteiger partial charge in [-0.25, -0.2) is 6.57 Å². The average molecular weight is 251 g/mol. The second kappa shape index (κ2) is 4.69. The van der Waals surface area contributed by atoms with Gasteiger partial charge in [-0.2, -0.15) is 0 Å². The van der Waals surface area contributed by atoms with E-state index in [9.17, 15) is 0 Å². The van der Waals surface area contributed by atoms with Gasteiger partial charge in [0.05, 0.1) is 15.8 Å². The lowest BCUT2D eigenvalue weighted by molar-refractivity contribution is 1.24. The zero-order valence-electron chi connectivity index (χ0n) is 8.37. The highest BCUT2D eigenvalue weighted by molar-refractivity contribution is 6.42. The first-order chi connectivity index (χ1) is 7.70. The van der Waals surface area contributed by atoms with E-state index in [1.165, 1.54) is 0 Å². The second-order valence-electron chi connectivity index (χ2n) is 3.49. The van der Waals surface area contributed by atoms with Crippen LogP contribution >= 0.6 is 23.2 Å². The maximum absolute atomic E-state index is 6.79. The lowest BCUT2D eigenvalue weighted by Gasteiger charge is -2.02. The predicted molar refractivity (Wildman–Crippen MR) is 67.2 cm³/mol. The van der Waals surface area contributed by atoms with Crippen LogP contribution in [-0.2, 0) is 0 Å². The Morgan fingerprint density at radius 2 is 2.12 bits per heavy atom. The largest absolute Gasteiger partial charge is 0.312 e. The minimum atomic E-state index is 0.411. The van der Waals surface area contributed by atoms with Crippen LogP contribution in [0.4, 0.5) is 0 Å². The fourth-order valence-electron chi connectivity index (χ4n) is 1.53. The summed E-state index contributed by atoms with van der Waals surface area (Å²) in [5, 5.41) is 1.07. The van der Waals surface area contributed by atoms with Gasteiger partial charge in [0.25, 0.3) is 0 Å². The van der Waals surface area contributed by atoms with Crippen molar-refractivity contribution in [1.82, 2.24) is 0 Å². The average Bonchev–Trinajstić information content (AvgIpc) is 2.71. The summed E-state index contributed by atoms with van der Waals surface area (Å²) in [7, 11) is 0. The molecule has 0 atom stereocenters. The molecule has 1 aliphatic heterocycles. The molecule has 0 spiro atoms. The highest BCUT2D eigenvalue weighted by atomic mass is 35.5. The Morgan fingerprint density at radius 3 is 2.81 bits per heavy atom. The number of nitrogens with zero attached hydrogens (tertiary/aromatic N) is 2. The third-order valence-corrected chi connectivity index (χ3v) is 3.07. The summed E-state index contributed by atoms with van der Waals surface area (Å²) < 4.78 is 0. The number of hydrogen-bond donors (Lipinski definition) is 0. The minimum Gasteiger partial charge on any atom is -0.312 e. The van der Waals surface area contributed by atoms with Crippen molar-refractivity contribution in [3.63, 3.8) is 0 Å². The molecule has 0 saturated heterocycles. The van der Waals surface area contributed by atoms with Gasteiger partial charge in [0.2, 0.25) is 6.54 Å². The summed E-state index contributed by atoms with van der Waals surface area (Å²) in [6.45, 7) is 7.21. The Labute approximate surface area is 104 Å². The molecule has 1 heterocycles. The minimum absolute atomic E-state index is 0.411. The number of halogens is 2. The lowest BCUT2D eigenvalue weighted by Crippen LogP contribution is -1.99. The van der Waals surface area contributed by atoms with Crippen LogP contribution in [-0.4, -0.2) is 12.3 Å². The molecule has 1 aromatic carbocycles. The lowest BCUT2D eigenvalue weighted by atomic mass is 10.1. The quantitative estimate of drug-likeness (QED) is 0.707. The third-order valence-electron chi connectivity index (χ3n) is 2.33. The number of rotatable bonds is 2. The number of hydrogen-bond acceptors (Lipinski definition) is 1. The van der Waals surface area contributed by atoms with E-state index in [-0.39, 0.29) is 0 Å². The predicted octanol–water partition coefficient (Wildman–Crippen LogP) is 3.99. The van der Waals surface area contributed by atoms with E-state index in [0.717, 1.165) is 23.3 Å². The van der Waals surface area contributed by atoms with Gasteiger partial charge in [-0.3, -0.25) is 4.99 Å². The van der Waals surface area contributed by atoms with Crippen molar-refractivity contribution in [2.45, 2.75) is 6.42 Å². The SMILES string of the molecule is [C-]#[N+]CC1=CN=C(c2ccc(Cl)c(Cl)c2)C1. The van der Waals surface area contributed by atoms with Gasteiger partial charge in [0, 0.05) is 18.2 Å². The summed E-state index contributed by atoms with van der Waals surface area (Å²) in [6.07, 6.45) is 2.48. The van der Waals surface area contributed by atoms with Crippen LogP contribution in [0.1, 0.15) is 12.0 Å². The van der Waals surface area contributed by atoms with E-state index in [1.54, 1.807) is 18.3 Å². The summed E-state index contributed by atoms with van der Waals surface area (Å²) >= 11 is 11.8. The van der Waals surface area contributed by atoms with Crippen molar-refractivity contribution >= 4 is 28.9 Å². The molecule has 0 saturated carbocycles. The monoisotopic (exact) mass is 250 g/mol. The molecular weight excluding hydrogens is 243 g/mol. The zero-order valence-corrected chi connectivity index (χ0v) is 9.89. The first kappa shape index (κ1) is 11.2. The molecule has 0 unspecified atom stereocenters. The van der Waals surface area contributed by atoms with Crippen molar-refractivity contribution in [1.29, 1.82) is 0 Å². The maximum Gasteiger partial charge on any atom is 0.237 e. The molecule has 0 bridgehead atoms. The summed E-state index contributed by atoms with van der Waals surface area (Å²) in [6, 6.07) is 5.45. The topological polar surface area (TPSA) is 16.7 Å². The molecule has 1 aliphatic rings. The number of aliphatic imine (C=N–C) groups is 1. The van der Waals surface area contributed by atoms with Crippen LogP contribution in [0.2, 0.25) is 10.0 Å². The van der Waals surface area contributed by atoms with E-state index in [1.807, 2.05) is 6.07 Å². The fraction of sp³-hybridized carbons (Fsp3) is 0.167. The second-order valence-corrected chi connectivity index (χ2v) is 4.30. The molecule has 1 aromatic rings. The van der Waals surface area contributed by atoms with Gasteiger partial charge >= 0.3 is 0 Å². The molecule has 4 heteroatoms. The smallest absolute Gasteiger partial charge is 0.237 e. The Kier molecular flexibility index (Phi) is 3.28. The van der Waals surface area contributed by atoms with Crippen LogP contribution in [0.5, 0.6) is 0 Å². The van der Waals surface area contributed by atoms with Crippen LogP contribution in [0.15, 0.2) is 35.0 Å². The van der Waals surface area contributed by atoms with E-state index >= 15 is 0 Å². The molecule has 0 radical (unpaired) electrons. The first-order valence-electron chi connectivity index (χ1n) is 4.74. The molecule has 80 valence electrons. The molecule has 2 nitrogen and oxygen atoms in total. The Hall–Kier alpha value is -1.30. The number of benzene rings is 1. The highest BCUT2D eigenvalue weighted by Gasteiger charge is 2.14. The molecule has 0 amide bonds. The van der Waals surface area contributed by atoms with E-state index in [4.69, 9.17) is 29.8 Å². The molecule has 2 rings (SSSR count). The van der Waals surface area contributed by atoms with Crippen LogP contribution in [0, 0.1) is 6.57 Å². The van der Waals surface area contributed by atoms with E-state index in [2.05, 4.69) is 9.84 Å². The standard InChI is InChI=1S/C12H8Cl2N2/c1-15-6-8-4-12(16-7-8)9-2-3-10(13)11(14)5-9/h2-3,5,7H,4,6H2. The summed E-state index contributed by atoms with van der Waals surface area (Å²) in [5.74, 6) is 0. The van der Waals surface area contributed by atoms with Crippen molar-refractivity contribution in [3.05, 3.63) is 57.0 Å². The van der Waals surface area contributed by atoms with Crippen molar-refractivity contribution in [2.75, 3.05) is 6.54 Å². The van der Waals surface area contributed by atoms with E-state index < -0.39 is 0 Å². The molecule has 0 fully saturated rings. The summed E-state index contributed by atoms with van der Waals surface area (Å²) in [5.41, 5.74) is 2.94. The van der Waals surface area contributed by atoms with Crippen LogP contribution in [0.3, 0.4) is 0 Å². The molecule has 0 aromatic heterocycles. The fourth-order valence-corrected chi connectivity index (χ4v) is 1.82. The van der Waals surface area contributed by atoms with Gasteiger partial charge < -0.3 is 4.85 Å². The molecule has 0 aliphatic carbocycles. The molecular formula is C12H8Cl2N2. The van der Waals surface area contributed by atoms with Gasteiger partial charge in [0.1, 0.15) is 0 Å².